The van der Waals surface area contributed by atoms with Crippen LogP contribution in [0.5, 0.6) is 0 Å². The molecule has 0 saturated carbocycles. The van der Waals surface area contributed by atoms with Crippen molar-refractivity contribution < 1.29 is 0 Å². The first-order chi connectivity index (χ1) is 10.1. The van der Waals surface area contributed by atoms with E-state index in [1.807, 2.05) is 0 Å². The van der Waals surface area contributed by atoms with Crippen LogP contribution in [-0.4, -0.2) is 13.1 Å². The van der Waals surface area contributed by atoms with Gasteiger partial charge < -0.3 is 10.6 Å². The third kappa shape index (κ3) is 8.05. The molecule has 0 bridgehead atoms. The fourth-order valence-corrected chi connectivity index (χ4v) is 1.87. The molecule has 0 radical (unpaired) electrons. The van der Waals surface area contributed by atoms with Gasteiger partial charge in [0.1, 0.15) is 0 Å². The van der Waals surface area contributed by atoms with Crippen LogP contribution < -0.4 is 10.6 Å². The predicted octanol–water partition coefficient (Wildman–Crippen LogP) is 3.46. The second-order valence-electron chi connectivity index (χ2n) is 5.28. The van der Waals surface area contributed by atoms with Gasteiger partial charge >= 0.3 is 0 Å². The van der Waals surface area contributed by atoms with Gasteiger partial charge in [0.05, 0.1) is 12.1 Å². The summed E-state index contributed by atoms with van der Waals surface area (Å²) >= 11 is 0. The van der Waals surface area contributed by atoms with E-state index in [-0.39, 0.29) is 0 Å². The van der Waals surface area contributed by atoms with Crippen LogP contribution in [0.15, 0.2) is 23.5 Å². The Labute approximate surface area is 129 Å². The Morgan fingerprint density at radius 2 is 1.29 bits per heavy atom. The monoisotopic (exact) mass is 288 g/mol. The molecule has 0 rings (SSSR count). The van der Waals surface area contributed by atoms with Gasteiger partial charge in [-0.2, -0.15) is 10.5 Å². The molecule has 0 unspecified atom stereocenters. The lowest BCUT2D eigenvalue weighted by Gasteiger charge is -2.18. The number of rotatable bonds is 10. The molecule has 0 aromatic carbocycles. The summed E-state index contributed by atoms with van der Waals surface area (Å²) in [6, 6.07) is 4.19. The first-order valence-electron chi connectivity index (χ1n) is 7.77. The fourth-order valence-electron chi connectivity index (χ4n) is 1.87. The summed E-state index contributed by atoms with van der Waals surface area (Å²) in [5, 5.41) is 24.2. The van der Waals surface area contributed by atoms with E-state index in [1.165, 1.54) is 0 Å². The molecule has 0 aliphatic rings. The van der Waals surface area contributed by atoms with Gasteiger partial charge in [0.15, 0.2) is 0 Å². The van der Waals surface area contributed by atoms with Crippen LogP contribution in [0.4, 0.5) is 0 Å². The van der Waals surface area contributed by atoms with Crippen LogP contribution in [0, 0.1) is 34.5 Å². The summed E-state index contributed by atoms with van der Waals surface area (Å²) in [6.45, 7) is 10.1. The summed E-state index contributed by atoms with van der Waals surface area (Å²) in [7, 11) is 0. The van der Waals surface area contributed by atoms with E-state index in [0.717, 1.165) is 43.7 Å². The van der Waals surface area contributed by atoms with Crippen molar-refractivity contribution in [3.63, 3.8) is 0 Å². The minimum absolute atomic E-state index is 0.381. The van der Waals surface area contributed by atoms with Gasteiger partial charge in [-0.1, -0.05) is 27.7 Å². The second-order valence-corrected chi connectivity index (χ2v) is 5.28. The summed E-state index contributed by atoms with van der Waals surface area (Å²) in [5.41, 5.74) is 2.02. The summed E-state index contributed by atoms with van der Waals surface area (Å²) in [6.07, 6.45) is 6.17. The van der Waals surface area contributed by atoms with Gasteiger partial charge in [-0.25, -0.2) is 0 Å². The molecule has 116 valence electrons. The summed E-state index contributed by atoms with van der Waals surface area (Å²) in [4.78, 5) is 0. The summed E-state index contributed by atoms with van der Waals surface area (Å²) in [5.74, 6) is 0.763. The highest BCUT2D eigenvalue weighted by molar-refractivity contribution is 5.15. The van der Waals surface area contributed by atoms with E-state index in [1.54, 1.807) is 12.2 Å². The molecule has 0 saturated heterocycles. The zero-order valence-electron chi connectivity index (χ0n) is 13.7. The van der Waals surface area contributed by atoms with E-state index >= 15 is 0 Å². The van der Waals surface area contributed by atoms with Crippen LogP contribution in [0.25, 0.3) is 0 Å². The molecule has 0 heterocycles. The van der Waals surface area contributed by atoms with Crippen LogP contribution in [0.2, 0.25) is 0 Å². The average molecular weight is 288 g/mol. The highest BCUT2D eigenvalue weighted by atomic mass is 14.9. The Morgan fingerprint density at radius 1 is 0.905 bits per heavy atom. The predicted molar refractivity (Wildman–Crippen MR) is 86.9 cm³/mol. The van der Waals surface area contributed by atoms with Gasteiger partial charge in [0.2, 0.25) is 0 Å². The van der Waals surface area contributed by atoms with E-state index < -0.39 is 0 Å². The number of nitrogens with zero attached hydrogens (tertiary/aromatic N) is 2. The first kappa shape index (κ1) is 19.1. The van der Waals surface area contributed by atoms with Crippen molar-refractivity contribution in [1.82, 2.24) is 10.6 Å². The lowest BCUT2D eigenvalue weighted by molar-refractivity contribution is 0.552. The number of allylic oxidation sites excluding steroid dienone is 4. The van der Waals surface area contributed by atoms with Gasteiger partial charge in [0, 0.05) is 36.6 Å². The maximum atomic E-state index is 8.79. The minimum atomic E-state index is 0.381. The Balaban J connectivity index is 4.16. The topological polar surface area (TPSA) is 71.6 Å². The van der Waals surface area contributed by atoms with Crippen LogP contribution in [0.3, 0.4) is 0 Å². The quantitative estimate of drug-likeness (QED) is 0.477. The molecule has 4 heteroatoms. The molecule has 2 N–H and O–H groups in total. The molecular weight excluding hydrogens is 260 g/mol. The van der Waals surface area contributed by atoms with Crippen LogP contribution in [0.1, 0.15) is 47.0 Å². The summed E-state index contributed by atoms with van der Waals surface area (Å²) < 4.78 is 0. The smallest absolute Gasteiger partial charge is 0.0930 e. The van der Waals surface area contributed by atoms with Crippen LogP contribution in [-0.2, 0) is 0 Å². The first-order valence-corrected chi connectivity index (χ1v) is 7.77. The van der Waals surface area contributed by atoms with Gasteiger partial charge in [-0.05, 0) is 31.1 Å². The van der Waals surface area contributed by atoms with E-state index in [0.29, 0.717) is 11.8 Å². The maximum absolute atomic E-state index is 8.79. The van der Waals surface area contributed by atoms with Crippen molar-refractivity contribution in [2.75, 3.05) is 13.1 Å². The molecule has 0 aromatic rings. The highest BCUT2D eigenvalue weighted by Crippen LogP contribution is 2.12. The maximum Gasteiger partial charge on any atom is 0.0930 e. The molecule has 0 aromatic heterocycles. The lowest BCUT2D eigenvalue weighted by atomic mass is 10.0. The normalized spacial score (nSPS) is 14.8. The van der Waals surface area contributed by atoms with Crippen molar-refractivity contribution in [3.05, 3.63) is 23.5 Å². The third-order valence-electron chi connectivity index (χ3n) is 3.74. The number of nitrogens with one attached hydrogen (secondary N) is 2. The SMILES string of the molecule is CC[C@@H](C)/C(=C\C#N)NCCCN/C(=C\C#N)[C@@H](C)CC. The van der Waals surface area contributed by atoms with Gasteiger partial charge in [0.25, 0.3) is 0 Å². The molecule has 0 amide bonds. The minimum Gasteiger partial charge on any atom is -0.387 e. The molecular formula is C17H28N4. The zero-order valence-corrected chi connectivity index (χ0v) is 13.7. The molecule has 0 fully saturated rings. The van der Waals surface area contributed by atoms with Crippen molar-refractivity contribution in [2.45, 2.75) is 47.0 Å². The van der Waals surface area contributed by atoms with Crippen molar-refractivity contribution >= 4 is 0 Å². The van der Waals surface area contributed by atoms with Crippen molar-refractivity contribution in [1.29, 1.82) is 10.5 Å². The largest absolute Gasteiger partial charge is 0.387 e. The molecule has 4 nitrogen and oxygen atoms in total. The van der Waals surface area contributed by atoms with Gasteiger partial charge in [-0.15, -0.1) is 0 Å². The Morgan fingerprint density at radius 3 is 1.57 bits per heavy atom. The molecule has 2 atom stereocenters. The fraction of sp³-hybridized carbons (Fsp3) is 0.647. The Hall–Kier alpha value is -1.94. The zero-order chi connectivity index (χ0) is 16.1. The number of hydrogen-bond donors (Lipinski definition) is 2. The van der Waals surface area contributed by atoms with E-state index in [4.69, 9.17) is 10.5 Å². The van der Waals surface area contributed by atoms with Crippen LogP contribution >= 0.6 is 0 Å². The van der Waals surface area contributed by atoms with Crippen molar-refractivity contribution in [3.8, 4) is 12.1 Å². The lowest BCUT2D eigenvalue weighted by Crippen LogP contribution is -2.25. The molecule has 0 aliphatic heterocycles. The van der Waals surface area contributed by atoms with E-state index in [9.17, 15) is 0 Å². The highest BCUT2D eigenvalue weighted by Gasteiger charge is 2.07. The second kappa shape index (κ2) is 11.9. The molecule has 21 heavy (non-hydrogen) atoms. The number of hydrogen-bond acceptors (Lipinski definition) is 4. The Bertz CT molecular complexity index is 383. The third-order valence-corrected chi connectivity index (χ3v) is 3.74. The Kier molecular flexibility index (Phi) is 10.8. The van der Waals surface area contributed by atoms with Gasteiger partial charge in [-0.3, -0.25) is 0 Å². The average Bonchev–Trinajstić information content (AvgIpc) is 2.50. The molecule has 0 aliphatic carbocycles. The number of nitriles is 2. The molecule has 0 spiro atoms. The van der Waals surface area contributed by atoms with E-state index in [2.05, 4.69) is 50.5 Å². The standard InChI is InChI=1S/C17H28N4/c1-5-14(3)16(8-10-18)20-12-7-13-21-17(9-11-19)15(4)6-2/h8-9,14-15,20-21H,5-7,12-13H2,1-4H3/b16-8-,17-9+/t14-,15+/m0/s1. The van der Waals surface area contributed by atoms with Crippen molar-refractivity contribution in [2.24, 2.45) is 11.8 Å².